The third kappa shape index (κ3) is 3.16. The second kappa shape index (κ2) is 5.47. The quantitative estimate of drug-likeness (QED) is 0.880. The summed E-state index contributed by atoms with van der Waals surface area (Å²) in [6.45, 7) is 2.09. The molecule has 0 bridgehead atoms. The van der Waals surface area contributed by atoms with E-state index in [0.717, 1.165) is 11.3 Å². The van der Waals surface area contributed by atoms with Crippen molar-refractivity contribution in [2.24, 2.45) is 0 Å². The van der Waals surface area contributed by atoms with Crippen molar-refractivity contribution < 1.29 is 23.1 Å². The molecule has 9 heteroatoms. The van der Waals surface area contributed by atoms with Crippen molar-refractivity contribution >= 4 is 45.4 Å². The maximum absolute atomic E-state index is 12.5. The van der Waals surface area contributed by atoms with Crippen molar-refractivity contribution in [3.8, 4) is 0 Å². The molecule has 1 atom stereocenters. The van der Waals surface area contributed by atoms with Crippen LogP contribution < -0.4 is 5.32 Å². The van der Waals surface area contributed by atoms with E-state index >= 15 is 0 Å². The number of anilines is 1. The summed E-state index contributed by atoms with van der Waals surface area (Å²) in [6, 6.07) is 0. The van der Waals surface area contributed by atoms with E-state index < -0.39 is 17.7 Å². The van der Waals surface area contributed by atoms with Gasteiger partial charge in [0.15, 0.2) is 0 Å². The summed E-state index contributed by atoms with van der Waals surface area (Å²) in [6.07, 6.45) is -4.69. The minimum atomic E-state index is -5.08. The molecule has 0 aliphatic heterocycles. The Morgan fingerprint density at radius 2 is 1.95 bits per heavy atom. The molecule has 0 saturated heterocycles. The summed E-state index contributed by atoms with van der Waals surface area (Å²) in [4.78, 5) is 11.5. The first-order chi connectivity index (χ1) is 8.52. The number of hydrogen-bond acceptors (Lipinski definition) is 3. The number of thiophene rings is 1. The Morgan fingerprint density at radius 1 is 1.42 bits per heavy atom. The molecular formula is C10H10Cl2F3NO2S. The third-order valence-corrected chi connectivity index (χ3v) is 4.46. The van der Waals surface area contributed by atoms with Gasteiger partial charge in [0.1, 0.15) is 9.34 Å². The summed E-state index contributed by atoms with van der Waals surface area (Å²) in [5.74, 6) is -1.58. The topological polar surface area (TPSA) is 49.3 Å². The van der Waals surface area contributed by atoms with Crippen LogP contribution in [0.1, 0.15) is 19.4 Å². The van der Waals surface area contributed by atoms with Gasteiger partial charge in [-0.3, -0.25) is 4.79 Å². The number of carbonyl (C=O) groups excluding carboxylic acids is 1. The number of aliphatic hydroxyl groups is 1. The minimum absolute atomic E-state index is 0.104. The number of halogens is 5. The molecule has 0 aromatic carbocycles. The highest BCUT2D eigenvalue weighted by molar-refractivity contribution is 7.21. The molecule has 0 aliphatic rings. The zero-order valence-electron chi connectivity index (χ0n) is 9.86. The van der Waals surface area contributed by atoms with Gasteiger partial charge >= 0.3 is 6.18 Å². The van der Waals surface area contributed by atoms with Gasteiger partial charge in [-0.05, 0) is 13.3 Å². The van der Waals surface area contributed by atoms with Crippen LogP contribution in [0.5, 0.6) is 0 Å². The first-order valence-electron chi connectivity index (χ1n) is 5.09. The Labute approximate surface area is 121 Å². The van der Waals surface area contributed by atoms with Crippen LogP contribution in [0.15, 0.2) is 0 Å². The van der Waals surface area contributed by atoms with Crippen LogP contribution in [0.25, 0.3) is 0 Å². The largest absolute Gasteiger partial charge is 0.426 e. The van der Waals surface area contributed by atoms with E-state index in [1.807, 2.05) is 5.32 Å². The molecule has 0 unspecified atom stereocenters. The monoisotopic (exact) mass is 335 g/mol. The Hall–Kier alpha value is -0.500. The van der Waals surface area contributed by atoms with E-state index in [1.54, 1.807) is 6.92 Å². The molecule has 19 heavy (non-hydrogen) atoms. The molecule has 3 nitrogen and oxygen atoms in total. The van der Waals surface area contributed by atoms with Crippen molar-refractivity contribution in [3.63, 3.8) is 0 Å². The van der Waals surface area contributed by atoms with Crippen LogP contribution in [-0.2, 0) is 11.2 Å². The van der Waals surface area contributed by atoms with Crippen LogP contribution in [0.3, 0.4) is 0 Å². The Balaban J connectivity index is 3.04. The number of nitrogens with one attached hydrogen (secondary N) is 1. The lowest BCUT2D eigenvalue weighted by Gasteiger charge is -2.24. The van der Waals surface area contributed by atoms with Crippen molar-refractivity contribution in [1.82, 2.24) is 0 Å². The van der Waals surface area contributed by atoms with E-state index in [0.29, 0.717) is 18.9 Å². The lowest BCUT2D eigenvalue weighted by molar-refractivity contribution is -0.242. The lowest BCUT2D eigenvalue weighted by atomic mass is 10.1. The average Bonchev–Trinajstić information content (AvgIpc) is 2.52. The molecule has 0 spiro atoms. The van der Waals surface area contributed by atoms with Gasteiger partial charge in [0, 0.05) is 5.56 Å². The SMILES string of the molecule is CCc1c(NC(=O)[C@@](C)(O)C(F)(F)F)sc(Cl)c1Cl. The van der Waals surface area contributed by atoms with Gasteiger partial charge in [-0.15, -0.1) is 11.3 Å². The molecule has 1 rings (SSSR count). The average molecular weight is 336 g/mol. The number of amides is 1. The number of rotatable bonds is 3. The van der Waals surface area contributed by atoms with E-state index in [-0.39, 0.29) is 14.4 Å². The highest BCUT2D eigenvalue weighted by atomic mass is 35.5. The third-order valence-electron chi connectivity index (χ3n) is 2.48. The summed E-state index contributed by atoms with van der Waals surface area (Å²) in [5.41, 5.74) is -3.05. The summed E-state index contributed by atoms with van der Waals surface area (Å²) >= 11 is 12.4. The van der Waals surface area contributed by atoms with Crippen LogP contribution in [0.4, 0.5) is 18.2 Å². The molecule has 1 amide bonds. The lowest BCUT2D eigenvalue weighted by Crippen LogP contribution is -2.52. The van der Waals surface area contributed by atoms with Gasteiger partial charge < -0.3 is 10.4 Å². The van der Waals surface area contributed by atoms with Crippen molar-refractivity contribution in [1.29, 1.82) is 0 Å². The molecule has 1 heterocycles. The minimum Gasteiger partial charge on any atom is -0.373 e. The van der Waals surface area contributed by atoms with Gasteiger partial charge in [-0.1, -0.05) is 30.1 Å². The fourth-order valence-electron chi connectivity index (χ4n) is 1.18. The first-order valence-corrected chi connectivity index (χ1v) is 6.66. The normalized spacial score (nSPS) is 15.2. The van der Waals surface area contributed by atoms with Crippen molar-refractivity contribution in [2.75, 3.05) is 5.32 Å². The van der Waals surface area contributed by atoms with Crippen molar-refractivity contribution in [3.05, 3.63) is 14.9 Å². The van der Waals surface area contributed by atoms with E-state index in [1.165, 1.54) is 0 Å². The summed E-state index contributed by atoms with van der Waals surface area (Å²) in [5, 5.41) is 11.5. The fourth-order valence-corrected chi connectivity index (χ4v) is 2.84. The second-order valence-electron chi connectivity index (χ2n) is 3.88. The predicted octanol–water partition coefficient (Wildman–Crippen LogP) is 3.87. The van der Waals surface area contributed by atoms with E-state index in [2.05, 4.69) is 0 Å². The fraction of sp³-hybridized carbons (Fsp3) is 0.500. The van der Waals surface area contributed by atoms with Gasteiger partial charge in [-0.25, -0.2) is 0 Å². The van der Waals surface area contributed by atoms with Crippen LogP contribution >= 0.6 is 34.5 Å². The standard InChI is InChI=1S/C10H10Cl2F3NO2S/c1-3-4-5(11)6(12)19-7(4)16-8(17)9(2,18)10(13,14)15/h18H,3H2,1-2H3,(H,16,17)/t9-/m1/s1. The first kappa shape index (κ1) is 16.6. The van der Waals surface area contributed by atoms with Crippen LogP contribution in [0, 0.1) is 0 Å². The smallest absolute Gasteiger partial charge is 0.373 e. The molecule has 0 aliphatic carbocycles. The maximum Gasteiger partial charge on any atom is 0.426 e. The number of hydrogen-bond donors (Lipinski definition) is 2. The van der Waals surface area contributed by atoms with Crippen LogP contribution in [0.2, 0.25) is 9.36 Å². The van der Waals surface area contributed by atoms with Crippen molar-refractivity contribution in [2.45, 2.75) is 32.0 Å². The summed E-state index contributed by atoms with van der Waals surface area (Å²) < 4.78 is 37.6. The molecule has 0 fully saturated rings. The Bertz CT molecular complexity index is 500. The zero-order valence-corrected chi connectivity index (χ0v) is 12.2. The predicted molar refractivity (Wildman–Crippen MR) is 69.0 cm³/mol. The number of alkyl halides is 3. The molecule has 1 aromatic rings. The van der Waals surface area contributed by atoms with Gasteiger partial charge in [0.05, 0.1) is 5.02 Å². The van der Waals surface area contributed by atoms with Gasteiger partial charge in [-0.2, -0.15) is 13.2 Å². The molecule has 1 aromatic heterocycles. The second-order valence-corrected chi connectivity index (χ2v) is 5.88. The Morgan fingerprint density at radius 3 is 2.37 bits per heavy atom. The van der Waals surface area contributed by atoms with E-state index in [9.17, 15) is 23.1 Å². The molecule has 2 N–H and O–H groups in total. The van der Waals surface area contributed by atoms with Gasteiger partial charge in [0.2, 0.25) is 5.60 Å². The molecular weight excluding hydrogens is 326 g/mol. The molecule has 0 radical (unpaired) electrons. The van der Waals surface area contributed by atoms with Crippen LogP contribution in [-0.4, -0.2) is 22.8 Å². The zero-order chi connectivity index (χ0) is 15.0. The Kier molecular flexibility index (Phi) is 4.77. The summed E-state index contributed by atoms with van der Waals surface area (Å²) in [7, 11) is 0. The highest BCUT2D eigenvalue weighted by Crippen LogP contribution is 2.41. The number of carbonyl (C=O) groups is 1. The maximum atomic E-state index is 12.5. The van der Waals surface area contributed by atoms with E-state index in [4.69, 9.17) is 23.2 Å². The highest BCUT2D eigenvalue weighted by Gasteiger charge is 2.55. The van der Waals surface area contributed by atoms with Gasteiger partial charge in [0.25, 0.3) is 5.91 Å². The molecule has 108 valence electrons. The molecule has 0 saturated carbocycles.